The molecule has 0 aromatic heterocycles. The van der Waals surface area contributed by atoms with E-state index in [2.05, 4.69) is 0 Å². The van der Waals surface area contributed by atoms with Gasteiger partial charge >= 0.3 is 0 Å². The molecule has 0 unspecified atom stereocenters. The molecule has 2 aliphatic heterocycles. The molecule has 0 fully saturated rings. The minimum atomic E-state index is -0.487. The van der Waals surface area contributed by atoms with E-state index < -0.39 is 4.92 Å². The van der Waals surface area contributed by atoms with Crippen molar-refractivity contribution in [3.63, 3.8) is 0 Å². The number of amides is 2. The maximum Gasteiger partial charge on any atom is 0.278 e. The Hall–Kier alpha value is -3.52. The van der Waals surface area contributed by atoms with Crippen LogP contribution >= 0.6 is 0 Å². The van der Waals surface area contributed by atoms with Gasteiger partial charge in [-0.2, -0.15) is 0 Å². The third kappa shape index (κ3) is 3.82. The van der Waals surface area contributed by atoms with Crippen LogP contribution in [-0.2, 0) is 20.7 Å². The topological polar surface area (TPSA) is 93.0 Å². The van der Waals surface area contributed by atoms with Gasteiger partial charge < -0.3 is 9.64 Å². The first kappa shape index (κ1) is 20.7. The Morgan fingerprint density at radius 1 is 1.06 bits per heavy atom. The molecule has 0 spiro atoms. The standard InChI is InChI=1S/C23H23N3O5/c1-31-15-5-14-25-22(27)20(17-9-11-18(12-10-17)26(29)30)21(23(25)28)24-13-4-7-16-6-2-3-8-19(16)24/h2-3,6,8-12H,4-5,7,13-15H2,1H3. The lowest BCUT2D eigenvalue weighted by molar-refractivity contribution is -0.384. The molecular formula is C23H23N3O5. The minimum Gasteiger partial charge on any atom is -0.385 e. The molecule has 4 rings (SSSR count). The number of non-ortho nitro benzene ring substituents is 1. The number of hydrogen-bond acceptors (Lipinski definition) is 6. The van der Waals surface area contributed by atoms with Gasteiger partial charge in [0.2, 0.25) is 0 Å². The van der Waals surface area contributed by atoms with Crippen molar-refractivity contribution in [1.29, 1.82) is 0 Å². The van der Waals surface area contributed by atoms with Crippen LogP contribution in [0.1, 0.15) is 24.0 Å². The molecule has 0 bridgehead atoms. The van der Waals surface area contributed by atoms with Crippen molar-refractivity contribution < 1.29 is 19.2 Å². The number of ether oxygens (including phenoxy) is 1. The molecule has 0 aliphatic carbocycles. The number of carbonyl (C=O) groups excluding carboxylic acids is 2. The minimum absolute atomic E-state index is 0.0667. The Labute approximate surface area is 179 Å². The number of rotatable bonds is 7. The molecule has 31 heavy (non-hydrogen) atoms. The average molecular weight is 421 g/mol. The Kier molecular flexibility index (Phi) is 5.81. The molecule has 2 aromatic carbocycles. The number of benzene rings is 2. The number of methoxy groups -OCH3 is 1. The second-order valence-corrected chi connectivity index (χ2v) is 7.52. The zero-order valence-corrected chi connectivity index (χ0v) is 17.2. The highest BCUT2D eigenvalue weighted by atomic mass is 16.6. The summed E-state index contributed by atoms with van der Waals surface area (Å²) in [4.78, 5) is 40.5. The number of aryl methyl sites for hydroxylation is 1. The number of nitro benzene ring substituents is 1. The Balaban J connectivity index is 1.81. The molecule has 2 amide bonds. The third-order valence-corrected chi connectivity index (χ3v) is 5.62. The fourth-order valence-corrected chi connectivity index (χ4v) is 4.16. The van der Waals surface area contributed by atoms with Gasteiger partial charge in [-0.3, -0.25) is 24.6 Å². The number of carbonyl (C=O) groups is 2. The van der Waals surface area contributed by atoms with E-state index in [1.165, 1.54) is 29.2 Å². The monoisotopic (exact) mass is 421 g/mol. The summed E-state index contributed by atoms with van der Waals surface area (Å²) in [6.07, 6.45) is 2.30. The molecule has 8 nitrogen and oxygen atoms in total. The molecular weight excluding hydrogens is 398 g/mol. The van der Waals surface area contributed by atoms with Crippen LogP contribution in [0.3, 0.4) is 0 Å². The highest BCUT2D eigenvalue weighted by Gasteiger charge is 2.42. The highest BCUT2D eigenvalue weighted by Crippen LogP contribution is 2.38. The van der Waals surface area contributed by atoms with Crippen LogP contribution in [0.15, 0.2) is 54.2 Å². The van der Waals surface area contributed by atoms with Crippen molar-refractivity contribution in [2.24, 2.45) is 0 Å². The summed E-state index contributed by atoms with van der Waals surface area (Å²) in [5, 5.41) is 11.0. The van der Waals surface area contributed by atoms with E-state index in [-0.39, 0.29) is 29.6 Å². The molecule has 160 valence electrons. The third-order valence-electron chi connectivity index (χ3n) is 5.62. The van der Waals surface area contributed by atoms with E-state index >= 15 is 0 Å². The predicted octanol–water partition coefficient (Wildman–Crippen LogP) is 3.16. The number of anilines is 1. The van der Waals surface area contributed by atoms with Gasteiger partial charge in [0.1, 0.15) is 5.70 Å². The number of nitro groups is 1. The molecule has 0 N–H and O–H groups in total. The first-order chi connectivity index (χ1) is 15.0. The van der Waals surface area contributed by atoms with Gasteiger partial charge in [0.25, 0.3) is 17.5 Å². The molecule has 2 aliphatic rings. The van der Waals surface area contributed by atoms with Crippen molar-refractivity contribution in [3.05, 3.63) is 75.5 Å². The zero-order chi connectivity index (χ0) is 22.0. The maximum atomic E-state index is 13.4. The van der Waals surface area contributed by atoms with Gasteiger partial charge in [0.05, 0.1) is 10.5 Å². The van der Waals surface area contributed by atoms with E-state index in [9.17, 15) is 19.7 Å². The molecule has 2 aromatic rings. The smallest absolute Gasteiger partial charge is 0.278 e. The van der Waals surface area contributed by atoms with Crippen LogP contribution < -0.4 is 4.90 Å². The zero-order valence-electron chi connectivity index (χ0n) is 17.2. The van der Waals surface area contributed by atoms with Crippen LogP contribution in [-0.4, -0.2) is 48.4 Å². The van der Waals surface area contributed by atoms with Gasteiger partial charge in [-0.15, -0.1) is 0 Å². The number of para-hydroxylation sites is 1. The van der Waals surface area contributed by atoms with Gasteiger partial charge in [-0.1, -0.05) is 18.2 Å². The molecule has 8 heteroatoms. The van der Waals surface area contributed by atoms with E-state index in [0.717, 1.165) is 24.1 Å². The summed E-state index contributed by atoms with van der Waals surface area (Å²) in [7, 11) is 1.57. The van der Waals surface area contributed by atoms with Gasteiger partial charge in [0.15, 0.2) is 0 Å². The Morgan fingerprint density at radius 2 is 1.81 bits per heavy atom. The number of nitrogens with zero attached hydrogens (tertiary/aromatic N) is 3. The molecule has 0 saturated heterocycles. The van der Waals surface area contributed by atoms with Gasteiger partial charge in [-0.05, 0) is 48.6 Å². The average Bonchev–Trinajstić information content (AvgIpc) is 3.03. The van der Waals surface area contributed by atoms with Crippen molar-refractivity contribution in [1.82, 2.24) is 4.90 Å². The van der Waals surface area contributed by atoms with Crippen LogP contribution in [0.25, 0.3) is 5.57 Å². The summed E-state index contributed by atoms with van der Waals surface area (Å²) in [5.41, 5.74) is 3.10. The fraction of sp³-hybridized carbons (Fsp3) is 0.304. The molecule has 0 atom stereocenters. The second kappa shape index (κ2) is 8.69. The van der Waals surface area contributed by atoms with Crippen molar-refractivity contribution >= 4 is 28.8 Å². The first-order valence-electron chi connectivity index (χ1n) is 10.2. The van der Waals surface area contributed by atoms with Crippen molar-refractivity contribution in [2.45, 2.75) is 19.3 Å². The summed E-state index contributed by atoms with van der Waals surface area (Å²) in [6, 6.07) is 13.7. The second-order valence-electron chi connectivity index (χ2n) is 7.52. The van der Waals surface area contributed by atoms with Gasteiger partial charge in [-0.25, -0.2) is 0 Å². The SMILES string of the molecule is COCCCN1C(=O)C(c2ccc([N+](=O)[O-])cc2)=C(N2CCCc3ccccc32)C1=O. The lowest BCUT2D eigenvalue weighted by Gasteiger charge is -2.32. The largest absolute Gasteiger partial charge is 0.385 e. The lowest BCUT2D eigenvalue weighted by atomic mass is 9.98. The summed E-state index contributed by atoms with van der Waals surface area (Å²) in [6.45, 7) is 1.31. The summed E-state index contributed by atoms with van der Waals surface area (Å²) in [5.74, 6) is -0.723. The Morgan fingerprint density at radius 3 is 2.52 bits per heavy atom. The quantitative estimate of drug-likeness (QED) is 0.295. The summed E-state index contributed by atoms with van der Waals surface area (Å²) >= 11 is 0. The lowest BCUT2D eigenvalue weighted by Crippen LogP contribution is -2.37. The van der Waals surface area contributed by atoms with Crippen LogP contribution in [0.4, 0.5) is 11.4 Å². The molecule has 2 heterocycles. The van der Waals surface area contributed by atoms with Crippen molar-refractivity contribution in [2.75, 3.05) is 31.7 Å². The number of fused-ring (bicyclic) bond motifs is 1. The van der Waals surface area contributed by atoms with E-state index in [0.29, 0.717) is 30.8 Å². The molecule has 0 radical (unpaired) electrons. The summed E-state index contributed by atoms with van der Waals surface area (Å²) < 4.78 is 5.07. The van der Waals surface area contributed by atoms with E-state index in [4.69, 9.17) is 4.74 Å². The number of imide groups is 1. The predicted molar refractivity (Wildman–Crippen MR) is 115 cm³/mol. The first-order valence-corrected chi connectivity index (χ1v) is 10.2. The van der Waals surface area contributed by atoms with Crippen LogP contribution in [0.2, 0.25) is 0 Å². The Bertz CT molecular complexity index is 1060. The van der Waals surface area contributed by atoms with Crippen LogP contribution in [0, 0.1) is 10.1 Å². The van der Waals surface area contributed by atoms with E-state index in [1.807, 2.05) is 29.2 Å². The van der Waals surface area contributed by atoms with Crippen molar-refractivity contribution in [3.8, 4) is 0 Å². The highest BCUT2D eigenvalue weighted by molar-refractivity contribution is 6.36. The number of hydrogen-bond donors (Lipinski definition) is 0. The van der Waals surface area contributed by atoms with Gasteiger partial charge in [0, 0.05) is 44.6 Å². The maximum absolute atomic E-state index is 13.4. The van der Waals surface area contributed by atoms with E-state index in [1.54, 1.807) is 7.11 Å². The normalized spacial score (nSPS) is 16.2. The fourth-order valence-electron chi connectivity index (χ4n) is 4.16. The molecule has 0 saturated carbocycles. The van der Waals surface area contributed by atoms with Crippen LogP contribution in [0.5, 0.6) is 0 Å².